The summed E-state index contributed by atoms with van der Waals surface area (Å²) >= 11 is 0. The van der Waals surface area contributed by atoms with Gasteiger partial charge in [-0.05, 0) is 55.2 Å². The third kappa shape index (κ3) is 4.64. The number of hydrogen-bond donors (Lipinski definition) is 1. The number of rotatable bonds is 6. The maximum absolute atomic E-state index is 13.8. The highest BCUT2D eigenvalue weighted by Gasteiger charge is 2.44. The minimum absolute atomic E-state index is 0.000984. The van der Waals surface area contributed by atoms with E-state index in [1.54, 1.807) is 24.3 Å². The van der Waals surface area contributed by atoms with E-state index >= 15 is 0 Å². The van der Waals surface area contributed by atoms with Gasteiger partial charge in [0.1, 0.15) is 0 Å². The molecule has 0 saturated carbocycles. The van der Waals surface area contributed by atoms with Gasteiger partial charge < -0.3 is 14.6 Å². The molecule has 1 atom stereocenters. The van der Waals surface area contributed by atoms with Crippen LogP contribution in [0.1, 0.15) is 47.3 Å². The number of aromatic nitrogens is 2. The van der Waals surface area contributed by atoms with E-state index in [1.807, 2.05) is 72.5 Å². The average Bonchev–Trinajstić information content (AvgIpc) is 3.49. The van der Waals surface area contributed by atoms with Crippen LogP contribution >= 0.6 is 0 Å². The summed E-state index contributed by atoms with van der Waals surface area (Å²) in [6, 6.07) is 26.9. The van der Waals surface area contributed by atoms with Crippen LogP contribution < -0.4 is 5.32 Å². The van der Waals surface area contributed by atoms with Gasteiger partial charge in [-0.3, -0.25) is 9.59 Å². The normalized spacial score (nSPS) is 15.8. The van der Waals surface area contributed by atoms with Crippen LogP contribution in [0.3, 0.4) is 0 Å². The molecule has 4 aromatic rings. The van der Waals surface area contributed by atoms with E-state index in [1.165, 1.54) is 6.39 Å². The standard InChI is InChI=1S/C29H28N4O3/c1-21(22-8-4-2-5-9-22)31-28(35)29(25-10-6-3-7-11-25)16-18-33(19-17-29)27(34)24-14-12-23(13-15-24)26-32-30-20-36-26/h2-15,20-21H,16-19H2,1H3,(H,31,35). The Morgan fingerprint density at radius 3 is 2.17 bits per heavy atom. The van der Waals surface area contributed by atoms with Gasteiger partial charge in [0.2, 0.25) is 18.2 Å². The van der Waals surface area contributed by atoms with Crippen LogP contribution in [0.25, 0.3) is 11.5 Å². The molecule has 5 rings (SSSR count). The Hall–Kier alpha value is -4.26. The quantitative estimate of drug-likeness (QED) is 0.429. The average molecular weight is 481 g/mol. The molecular formula is C29H28N4O3. The zero-order valence-electron chi connectivity index (χ0n) is 20.1. The zero-order valence-corrected chi connectivity index (χ0v) is 20.1. The van der Waals surface area contributed by atoms with Gasteiger partial charge in [0, 0.05) is 24.2 Å². The first-order chi connectivity index (χ1) is 17.6. The second-order valence-corrected chi connectivity index (χ2v) is 9.17. The summed E-state index contributed by atoms with van der Waals surface area (Å²) in [5, 5.41) is 10.8. The second kappa shape index (κ2) is 10.2. The summed E-state index contributed by atoms with van der Waals surface area (Å²) in [7, 11) is 0. The van der Waals surface area contributed by atoms with Gasteiger partial charge in [-0.15, -0.1) is 10.2 Å². The highest BCUT2D eigenvalue weighted by molar-refractivity contribution is 5.95. The Kier molecular flexibility index (Phi) is 6.62. The van der Waals surface area contributed by atoms with E-state index in [2.05, 4.69) is 15.5 Å². The van der Waals surface area contributed by atoms with Gasteiger partial charge >= 0.3 is 0 Å². The lowest BCUT2D eigenvalue weighted by molar-refractivity contribution is -0.129. The molecule has 0 radical (unpaired) electrons. The van der Waals surface area contributed by atoms with Crippen LogP contribution in [0.5, 0.6) is 0 Å². The third-order valence-corrected chi connectivity index (χ3v) is 7.05. The monoisotopic (exact) mass is 480 g/mol. The number of likely N-dealkylation sites (tertiary alicyclic amines) is 1. The Balaban J connectivity index is 1.32. The van der Waals surface area contributed by atoms with Gasteiger partial charge in [0.25, 0.3) is 5.91 Å². The van der Waals surface area contributed by atoms with Gasteiger partial charge in [-0.1, -0.05) is 60.7 Å². The van der Waals surface area contributed by atoms with Crippen molar-refractivity contribution in [2.75, 3.05) is 13.1 Å². The van der Waals surface area contributed by atoms with Crippen LogP contribution in [0.15, 0.2) is 95.7 Å². The highest BCUT2D eigenvalue weighted by atomic mass is 16.4. The predicted molar refractivity (Wildman–Crippen MR) is 136 cm³/mol. The molecule has 0 spiro atoms. The fraction of sp³-hybridized carbons (Fsp3) is 0.241. The van der Waals surface area contributed by atoms with Crippen LogP contribution in [-0.4, -0.2) is 40.0 Å². The third-order valence-electron chi connectivity index (χ3n) is 7.05. The van der Waals surface area contributed by atoms with E-state index in [0.717, 1.165) is 16.7 Å². The maximum atomic E-state index is 13.8. The van der Waals surface area contributed by atoms with E-state index in [4.69, 9.17) is 4.42 Å². The van der Waals surface area contributed by atoms with Crippen molar-refractivity contribution in [2.45, 2.75) is 31.2 Å². The molecule has 1 saturated heterocycles. The SMILES string of the molecule is CC(NC(=O)C1(c2ccccc2)CCN(C(=O)c2ccc(-c3nnco3)cc2)CC1)c1ccccc1. The Bertz CT molecular complexity index is 1300. The smallest absolute Gasteiger partial charge is 0.253 e. The first-order valence-electron chi connectivity index (χ1n) is 12.1. The van der Waals surface area contributed by atoms with Crippen molar-refractivity contribution >= 4 is 11.8 Å². The predicted octanol–water partition coefficient (Wildman–Crippen LogP) is 4.79. The van der Waals surface area contributed by atoms with Gasteiger partial charge in [-0.25, -0.2) is 0 Å². The van der Waals surface area contributed by atoms with Crippen LogP contribution in [-0.2, 0) is 10.2 Å². The number of carbonyl (C=O) groups excluding carboxylic acids is 2. The van der Waals surface area contributed by atoms with Crippen molar-refractivity contribution in [2.24, 2.45) is 0 Å². The van der Waals surface area contributed by atoms with Crippen molar-refractivity contribution in [1.29, 1.82) is 0 Å². The lowest BCUT2D eigenvalue weighted by Gasteiger charge is -2.41. The van der Waals surface area contributed by atoms with Crippen molar-refractivity contribution in [3.63, 3.8) is 0 Å². The van der Waals surface area contributed by atoms with Gasteiger partial charge in [0.15, 0.2) is 0 Å². The van der Waals surface area contributed by atoms with E-state index < -0.39 is 5.41 Å². The molecule has 2 heterocycles. The molecule has 0 bridgehead atoms. The summed E-state index contributed by atoms with van der Waals surface area (Å²) < 4.78 is 5.22. The molecule has 1 N–H and O–H groups in total. The fourth-order valence-corrected chi connectivity index (χ4v) is 4.89. The summed E-state index contributed by atoms with van der Waals surface area (Å²) in [6.45, 7) is 2.99. The van der Waals surface area contributed by atoms with Crippen molar-refractivity contribution in [1.82, 2.24) is 20.4 Å². The molecule has 0 aliphatic carbocycles. The largest absolute Gasteiger partial charge is 0.423 e. The molecule has 1 aliphatic rings. The molecule has 1 unspecified atom stereocenters. The Labute approximate surface area is 210 Å². The Morgan fingerprint density at radius 1 is 0.917 bits per heavy atom. The van der Waals surface area contributed by atoms with Crippen LogP contribution in [0, 0.1) is 0 Å². The summed E-state index contributed by atoms with van der Waals surface area (Å²) in [5.41, 5.74) is 2.70. The van der Waals surface area contributed by atoms with Gasteiger partial charge in [-0.2, -0.15) is 0 Å². The number of hydrogen-bond acceptors (Lipinski definition) is 5. The molecule has 3 aromatic carbocycles. The van der Waals surface area contributed by atoms with Crippen molar-refractivity contribution in [3.05, 3.63) is 108 Å². The summed E-state index contributed by atoms with van der Waals surface area (Å²) in [4.78, 5) is 28.8. The highest BCUT2D eigenvalue weighted by Crippen LogP contribution is 2.37. The topological polar surface area (TPSA) is 88.3 Å². The van der Waals surface area contributed by atoms with E-state index in [9.17, 15) is 9.59 Å². The first kappa shape index (κ1) is 23.5. The number of nitrogens with one attached hydrogen (secondary N) is 1. The number of piperidine rings is 1. The lowest BCUT2D eigenvalue weighted by Crippen LogP contribution is -2.53. The molecule has 1 aliphatic heterocycles. The molecule has 36 heavy (non-hydrogen) atoms. The minimum Gasteiger partial charge on any atom is -0.423 e. The number of carbonyl (C=O) groups is 2. The molecule has 7 heteroatoms. The number of benzene rings is 3. The lowest BCUT2D eigenvalue weighted by atomic mass is 9.71. The Morgan fingerprint density at radius 2 is 1.56 bits per heavy atom. The molecule has 1 aromatic heterocycles. The molecule has 7 nitrogen and oxygen atoms in total. The van der Waals surface area contributed by atoms with Crippen molar-refractivity contribution < 1.29 is 14.0 Å². The first-order valence-corrected chi connectivity index (χ1v) is 12.1. The maximum Gasteiger partial charge on any atom is 0.253 e. The van der Waals surface area contributed by atoms with Crippen molar-refractivity contribution in [3.8, 4) is 11.5 Å². The molecule has 1 fully saturated rings. The number of amides is 2. The molecule has 2 amide bonds. The minimum atomic E-state index is -0.692. The summed E-state index contributed by atoms with van der Waals surface area (Å²) in [6.07, 6.45) is 2.38. The van der Waals surface area contributed by atoms with E-state index in [-0.39, 0.29) is 17.9 Å². The van der Waals surface area contributed by atoms with E-state index in [0.29, 0.717) is 37.4 Å². The zero-order chi connectivity index (χ0) is 25.0. The van der Waals surface area contributed by atoms with Gasteiger partial charge in [0.05, 0.1) is 11.5 Å². The fourth-order valence-electron chi connectivity index (χ4n) is 4.89. The number of nitrogens with zero attached hydrogens (tertiary/aromatic N) is 3. The molecule has 182 valence electrons. The second-order valence-electron chi connectivity index (χ2n) is 9.17. The van der Waals surface area contributed by atoms with Crippen LogP contribution in [0.2, 0.25) is 0 Å². The molecular weight excluding hydrogens is 452 g/mol. The van der Waals surface area contributed by atoms with Crippen LogP contribution in [0.4, 0.5) is 0 Å². The summed E-state index contributed by atoms with van der Waals surface area (Å²) in [5.74, 6) is 0.364.